The highest BCUT2D eigenvalue weighted by Crippen LogP contribution is 2.23. The lowest BCUT2D eigenvalue weighted by Crippen LogP contribution is -2.27. The average Bonchev–Trinajstić information content (AvgIpc) is 1.88. The molecule has 1 unspecified atom stereocenters. The molecule has 0 fully saturated rings. The summed E-state index contributed by atoms with van der Waals surface area (Å²) >= 11 is 2.81. The molecule has 0 aliphatic carbocycles. The Labute approximate surface area is 69.1 Å². The molecule has 0 saturated carbocycles. The van der Waals surface area contributed by atoms with Gasteiger partial charge in [0.2, 0.25) is 3.66 Å². The van der Waals surface area contributed by atoms with Crippen LogP contribution in [0.3, 0.4) is 0 Å². The SMILES string of the molecule is CCS(=O)(=O)C(C)(Br)C#N. The van der Waals surface area contributed by atoms with E-state index in [1.54, 1.807) is 6.07 Å². The van der Waals surface area contributed by atoms with Crippen LogP contribution in [0.15, 0.2) is 0 Å². The predicted molar refractivity (Wildman–Crippen MR) is 42.4 cm³/mol. The second-order valence-electron chi connectivity index (χ2n) is 1.93. The number of hydrogen-bond acceptors (Lipinski definition) is 3. The molecule has 0 spiro atoms. The van der Waals surface area contributed by atoms with Crippen LogP contribution >= 0.6 is 15.9 Å². The average molecular weight is 226 g/mol. The smallest absolute Gasteiger partial charge is 0.209 e. The third-order valence-electron chi connectivity index (χ3n) is 1.16. The Bertz CT molecular complexity index is 249. The summed E-state index contributed by atoms with van der Waals surface area (Å²) in [6.07, 6.45) is 0. The minimum Gasteiger partial charge on any atom is -0.226 e. The van der Waals surface area contributed by atoms with E-state index in [0.717, 1.165) is 0 Å². The quantitative estimate of drug-likeness (QED) is 0.661. The summed E-state index contributed by atoms with van der Waals surface area (Å²) in [7, 11) is -3.29. The summed E-state index contributed by atoms with van der Waals surface area (Å²) in [6.45, 7) is 2.83. The number of sulfone groups is 1. The van der Waals surface area contributed by atoms with Crippen LogP contribution in [0, 0.1) is 11.3 Å². The van der Waals surface area contributed by atoms with Crippen LogP contribution in [0.5, 0.6) is 0 Å². The van der Waals surface area contributed by atoms with E-state index >= 15 is 0 Å². The van der Waals surface area contributed by atoms with Gasteiger partial charge < -0.3 is 0 Å². The summed E-state index contributed by atoms with van der Waals surface area (Å²) < 4.78 is 20.5. The third-order valence-corrected chi connectivity index (χ3v) is 4.84. The zero-order valence-electron chi connectivity index (χ0n) is 5.76. The Morgan fingerprint density at radius 1 is 1.70 bits per heavy atom. The molecule has 0 heterocycles. The standard InChI is InChI=1S/C5H8BrNO2S/c1-3-10(8,9)5(2,6)4-7/h3H2,1-2H3. The van der Waals surface area contributed by atoms with Crippen molar-refractivity contribution in [1.82, 2.24) is 0 Å². The van der Waals surface area contributed by atoms with Crippen molar-refractivity contribution < 1.29 is 8.42 Å². The fraction of sp³-hybridized carbons (Fsp3) is 0.800. The van der Waals surface area contributed by atoms with Crippen LogP contribution in [0.1, 0.15) is 13.8 Å². The van der Waals surface area contributed by atoms with Crippen LogP contribution in [-0.2, 0) is 9.84 Å². The lowest BCUT2D eigenvalue weighted by molar-refractivity contribution is 0.590. The van der Waals surface area contributed by atoms with Crippen LogP contribution in [-0.4, -0.2) is 17.8 Å². The number of nitriles is 1. The Hall–Kier alpha value is -0.0800. The highest BCUT2D eigenvalue weighted by atomic mass is 79.9. The van der Waals surface area contributed by atoms with Gasteiger partial charge >= 0.3 is 0 Å². The molecule has 0 aliphatic rings. The molecule has 0 aromatic heterocycles. The first-order valence-electron chi connectivity index (χ1n) is 2.70. The third kappa shape index (κ3) is 1.70. The van der Waals surface area contributed by atoms with E-state index in [-0.39, 0.29) is 5.75 Å². The normalized spacial score (nSPS) is 17.4. The zero-order chi connectivity index (χ0) is 8.41. The summed E-state index contributed by atoms with van der Waals surface area (Å²) in [5.74, 6) is -0.0255. The summed E-state index contributed by atoms with van der Waals surface area (Å²) in [4.78, 5) is 0. The van der Waals surface area contributed by atoms with E-state index in [2.05, 4.69) is 15.9 Å². The summed E-state index contributed by atoms with van der Waals surface area (Å²) in [5.41, 5.74) is 0. The van der Waals surface area contributed by atoms with Crippen molar-refractivity contribution in [3.8, 4) is 6.07 Å². The minimum atomic E-state index is -3.29. The molecule has 10 heavy (non-hydrogen) atoms. The number of alkyl halides is 1. The molecule has 0 radical (unpaired) electrons. The van der Waals surface area contributed by atoms with Gasteiger partial charge in [0.1, 0.15) is 0 Å². The van der Waals surface area contributed by atoms with E-state index in [1.807, 2.05) is 0 Å². The highest BCUT2D eigenvalue weighted by Gasteiger charge is 2.34. The molecule has 0 aliphatic heterocycles. The van der Waals surface area contributed by atoms with Gasteiger partial charge in [0.05, 0.1) is 6.07 Å². The molecule has 0 rings (SSSR count). The van der Waals surface area contributed by atoms with Gasteiger partial charge in [-0.1, -0.05) is 22.9 Å². The molecular formula is C5H8BrNO2S. The van der Waals surface area contributed by atoms with Gasteiger partial charge in [-0.2, -0.15) is 5.26 Å². The lowest BCUT2D eigenvalue weighted by Gasteiger charge is -2.11. The molecular weight excluding hydrogens is 218 g/mol. The van der Waals surface area contributed by atoms with Crippen molar-refractivity contribution in [3.63, 3.8) is 0 Å². The first-order chi connectivity index (χ1) is 4.37. The Kier molecular flexibility index (Phi) is 2.86. The maximum absolute atomic E-state index is 11.0. The van der Waals surface area contributed by atoms with Crippen LogP contribution in [0.4, 0.5) is 0 Å². The van der Waals surface area contributed by atoms with Gasteiger partial charge in [0.25, 0.3) is 0 Å². The fourth-order valence-electron chi connectivity index (χ4n) is 0.341. The summed E-state index contributed by atoms with van der Waals surface area (Å²) in [6, 6.07) is 1.66. The van der Waals surface area contributed by atoms with Crippen molar-refractivity contribution in [1.29, 1.82) is 5.26 Å². The van der Waals surface area contributed by atoms with E-state index < -0.39 is 13.5 Å². The van der Waals surface area contributed by atoms with E-state index in [0.29, 0.717) is 0 Å². The van der Waals surface area contributed by atoms with Crippen LogP contribution in [0.2, 0.25) is 0 Å². The Balaban J connectivity index is 4.88. The largest absolute Gasteiger partial charge is 0.226 e. The molecule has 58 valence electrons. The number of nitrogens with zero attached hydrogens (tertiary/aromatic N) is 1. The maximum atomic E-state index is 11.0. The van der Waals surface area contributed by atoms with Crippen molar-refractivity contribution >= 4 is 25.8 Å². The van der Waals surface area contributed by atoms with E-state index in [1.165, 1.54) is 13.8 Å². The topological polar surface area (TPSA) is 57.9 Å². The molecule has 0 saturated heterocycles. The first-order valence-corrected chi connectivity index (χ1v) is 5.14. The van der Waals surface area contributed by atoms with E-state index in [9.17, 15) is 8.42 Å². The van der Waals surface area contributed by atoms with Crippen LogP contribution in [0.25, 0.3) is 0 Å². The van der Waals surface area contributed by atoms with Gasteiger partial charge in [0, 0.05) is 5.75 Å². The van der Waals surface area contributed by atoms with Crippen molar-refractivity contribution in [3.05, 3.63) is 0 Å². The zero-order valence-corrected chi connectivity index (χ0v) is 8.16. The monoisotopic (exact) mass is 225 g/mol. The molecule has 0 aromatic rings. The van der Waals surface area contributed by atoms with Gasteiger partial charge in [-0.05, 0) is 6.92 Å². The number of rotatable bonds is 2. The lowest BCUT2D eigenvalue weighted by atomic mass is 10.5. The molecule has 1 atom stereocenters. The molecule has 5 heteroatoms. The molecule has 0 amide bonds. The molecule has 0 aromatic carbocycles. The second-order valence-corrected chi connectivity index (χ2v) is 6.67. The fourth-order valence-corrected chi connectivity index (χ4v) is 1.71. The molecule has 0 bridgehead atoms. The van der Waals surface area contributed by atoms with Gasteiger partial charge in [0.15, 0.2) is 9.84 Å². The highest BCUT2D eigenvalue weighted by molar-refractivity contribution is 9.11. The minimum absolute atomic E-state index is 0.0255. The van der Waals surface area contributed by atoms with E-state index in [4.69, 9.17) is 5.26 Å². The van der Waals surface area contributed by atoms with Gasteiger partial charge in [-0.15, -0.1) is 0 Å². The van der Waals surface area contributed by atoms with Crippen molar-refractivity contribution in [2.24, 2.45) is 0 Å². The second kappa shape index (κ2) is 2.89. The molecule has 3 nitrogen and oxygen atoms in total. The number of hydrogen-bond donors (Lipinski definition) is 0. The Morgan fingerprint density at radius 2 is 2.10 bits per heavy atom. The van der Waals surface area contributed by atoms with Gasteiger partial charge in [-0.25, -0.2) is 8.42 Å². The summed E-state index contributed by atoms with van der Waals surface area (Å²) in [5, 5.41) is 8.38. The maximum Gasteiger partial charge on any atom is 0.209 e. The predicted octanol–water partition coefficient (Wildman–Crippen LogP) is 1.06. The van der Waals surface area contributed by atoms with Crippen molar-refractivity contribution in [2.45, 2.75) is 17.5 Å². The van der Waals surface area contributed by atoms with Crippen molar-refractivity contribution in [2.75, 3.05) is 5.75 Å². The molecule has 0 N–H and O–H groups in total. The Morgan fingerprint density at radius 3 is 2.20 bits per heavy atom. The van der Waals surface area contributed by atoms with Gasteiger partial charge in [-0.3, -0.25) is 0 Å². The number of halogens is 1. The first kappa shape index (κ1) is 9.92. The van der Waals surface area contributed by atoms with Crippen LogP contribution < -0.4 is 0 Å².